The van der Waals surface area contributed by atoms with Gasteiger partial charge in [-0.25, -0.2) is 4.90 Å². The van der Waals surface area contributed by atoms with Gasteiger partial charge in [0.25, 0.3) is 5.91 Å². The zero-order chi connectivity index (χ0) is 24.0. The number of methoxy groups -OCH3 is 1. The summed E-state index contributed by atoms with van der Waals surface area (Å²) < 4.78 is 5.32. The molecule has 1 aliphatic carbocycles. The minimum Gasteiger partial charge on any atom is -0.497 e. The largest absolute Gasteiger partial charge is 0.497 e. The van der Waals surface area contributed by atoms with Crippen LogP contribution in [0.5, 0.6) is 5.75 Å². The lowest BCUT2D eigenvalue weighted by atomic mass is 9.78. The third-order valence-electron chi connectivity index (χ3n) is 7.27. The number of aromatic nitrogens is 1. The van der Waals surface area contributed by atoms with Gasteiger partial charge in [-0.15, -0.1) is 0 Å². The molecule has 178 valence electrons. The average molecular weight is 462 g/mol. The molecule has 2 unspecified atom stereocenters. The molecule has 0 bridgehead atoms. The van der Waals surface area contributed by atoms with Crippen molar-refractivity contribution in [1.82, 2.24) is 14.8 Å². The zero-order valence-corrected chi connectivity index (χ0v) is 19.8. The van der Waals surface area contributed by atoms with E-state index in [1.165, 1.54) is 0 Å². The van der Waals surface area contributed by atoms with Crippen LogP contribution in [-0.2, 0) is 17.1 Å². The molecule has 0 radical (unpaired) electrons. The number of rotatable bonds is 6. The van der Waals surface area contributed by atoms with E-state index in [1.54, 1.807) is 41.2 Å². The summed E-state index contributed by atoms with van der Waals surface area (Å²) in [6.45, 7) is 5.34. The number of carbonyl (C=O) groups excluding carboxylic acids is 1. The summed E-state index contributed by atoms with van der Waals surface area (Å²) in [7, 11) is 1.55. The van der Waals surface area contributed by atoms with Crippen molar-refractivity contribution in [3.8, 4) is 5.75 Å². The van der Waals surface area contributed by atoms with Crippen LogP contribution >= 0.6 is 0 Å². The first kappa shape index (κ1) is 22.7. The van der Waals surface area contributed by atoms with Crippen molar-refractivity contribution in [2.24, 2.45) is 5.92 Å². The lowest BCUT2D eigenvalue weighted by Crippen LogP contribution is -2.58. The van der Waals surface area contributed by atoms with Gasteiger partial charge in [0.15, 0.2) is 0 Å². The summed E-state index contributed by atoms with van der Waals surface area (Å²) in [4.78, 5) is 20.2. The number of benzene rings is 2. The Bertz CT molecular complexity index is 1260. The van der Waals surface area contributed by atoms with Gasteiger partial charge in [0.05, 0.1) is 13.0 Å². The SMILES string of the molecule is CCN(CC)C(=O)C1C=C2c3cccc4[nH]cc(c34)CC2N(C(O)(O)c2cccc(OC)c2)C1. The van der Waals surface area contributed by atoms with Crippen LogP contribution in [-0.4, -0.2) is 63.7 Å². The van der Waals surface area contributed by atoms with E-state index in [1.807, 2.05) is 38.3 Å². The van der Waals surface area contributed by atoms with Crippen LogP contribution < -0.4 is 4.74 Å². The fourth-order valence-corrected chi connectivity index (χ4v) is 5.50. The van der Waals surface area contributed by atoms with Crippen LogP contribution in [0.2, 0.25) is 0 Å². The van der Waals surface area contributed by atoms with E-state index < -0.39 is 11.8 Å². The maximum absolute atomic E-state index is 13.4. The van der Waals surface area contributed by atoms with Crippen molar-refractivity contribution in [3.63, 3.8) is 0 Å². The molecule has 2 heterocycles. The third-order valence-corrected chi connectivity index (χ3v) is 7.27. The van der Waals surface area contributed by atoms with Gasteiger partial charge in [0.2, 0.25) is 5.91 Å². The van der Waals surface area contributed by atoms with Crippen molar-refractivity contribution in [2.75, 3.05) is 26.7 Å². The number of amides is 1. The molecule has 2 aromatic carbocycles. The summed E-state index contributed by atoms with van der Waals surface area (Å²) in [5.74, 6) is -2.25. The molecule has 34 heavy (non-hydrogen) atoms. The summed E-state index contributed by atoms with van der Waals surface area (Å²) >= 11 is 0. The predicted molar refractivity (Wildman–Crippen MR) is 131 cm³/mol. The highest BCUT2D eigenvalue weighted by Gasteiger charge is 2.47. The second-order valence-corrected chi connectivity index (χ2v) is 9.02. The fraction of sp³-hybridized carbons (Fsp3) is 0.370. The molecule has 1 aromatic heterocycles. The highest BCUT2D eigenvalue weighted by Crippen LogP contribution is 2.44. The van der Waals surface area contributed by atoms with Gasteiger partial charge in [-0.3, -0.25) is 4.79 Å². The third kappa shape index (κ3) is 3.52. The molecule has 0 saturated heterocycles. The molecule has 2 atom stereocenters. The number of H-pyrrole nitrogens is 1. The van der Waals surface area contributed by atoms with Gasteiger partial charge in [-0.2, -0.15) is 0 Å². The molecule has 2 aliphatic rings. The molecule has 1 aliphatic heterocycles. The van der Waals surface area contributed by atoms with E-state index >= 15 is 0 Å². The van der Waals surface area contributed by atoms with Gasteiger partial charge in [-0.05, 0) is 55.2 Å². The predicted octanol–water partition coefficient (Wildman–Crippen LogP) is 3.08. The van der Waals surface area contributed by atoms with E-state index in [-0.39, 0.29) is 18.5 Å². The van der Waals surface area contributed by atoms with Crippen LogP contribution in [0.15, 0.2) is 54.7 Å². The molecule has 7 nitrogen and oxygen atoms in total. The van der Waals surface area contributed by atoms with Gasteiger partial charge < -0.3 is 24.8 Å². The van der Waals surface area contributed by atoms with Crippen molar-refractivity contribution in [3.05, 3.63) is 71.4 Å². The lowest BCUT2D eigenvalue weighted by molar-refractivity contribution is -0.284. The minimum atomic E-state index is -2.29. The van der Waals surface area contributed by atoms with E-state index in [0.717, 1.165) is 27.6 Å². The molecule has 3 N–H and O–H groups in total. The smallest absolute Gasteiger partial charge is 0.254 e. The van der Waals surface area contributed by atoms with E-state index in [0.29, 0.717) is 30.8 Å². The Kier molecular flexibility index (Phi) is 5.72. The number of aromatic amines is 1. The van der Waals surface area contributed by atoms with Crippen molar-refractivity contribution >= 4 is 22.4 Å². The summed E-state index contributed by atoms with van der Waals surface area (Å²) in [6, 6.07) is 12.6. The molecule has 0 saturated carbocycles. The van der Waals surface area contributed by atoms with Crippen LogP contribution in [0.1, 0.15) is 30.5 Å². The van der Waals surface area contributed by atoms with Gasteiger partial charge in [0, 0.05) is 48.3 Å². The standard InChI is InChI=1S/C27H31N3O4/c1-4-29(5-2)26(31)18-12-22-21-10-7-11-23-25(21)17(15-28-23)13-24(22)30(16-18)27(32,33)19-8-6-9-20(14-19)34-3/h6-12,14-15,18,24,28,32-33H,4-5,13,16H2,1-3H3. The number of ether oxygens (including phenoxy) is 1. The highest BCUT2D eigenvalue weighted by molar-refractivity contribution is 5.99. The average Bonchev–Trinajstić information content (AvgIpc) is 3.28. The monoisotopic (exact) mass is 461 g/mol. The van der Waals surface area contributed by atoms with Crippen LogP contribution in [0, 0.1) is 5.92 Å². The second kappa shape index (κ2) is 8.58. The van der Waals surface area contributed by atoms with Crippen LogP contribution in [0.4, 0.5) is 0 Å². The Hall–Kier alpha value is -3.13. The number of hydrogen-bond acceptors (Lipinski definition) is 5. The van der Waals surface area contributed by atoms with Gasteiger partial charge in [-0.1, -0.05) is 30.3 Å². The van der Waals surface area contributed by atoms with Gasteiger partial charge in [0.1, 0.15) is 5.75 Å². The Balaban J connectivity index is 1.65. The Labute approximate surface area is 199 Å². The number of nitrogens with zero attached hydrogens (tertiary/aromatic N) is 2. The van der Waals surface area contributed by atoms with Gasteiger partial charge >= 0.3 is 0 Å². The summed E-state index contributed by atoms with van der Waals surface area (Å²) in [5.41, 5.74) is 4.48. The minimum absolute atomic E-state index is 0.00515. The number of aliphatic hydroxyl groups is 2. The molecular weight excluding hydrogens is 430 g/mol. The normalized spacial score (nSPS) is 20.1. The number of fused-ring (bicyclic) bond motifs is 2. The summed E-state index contributed by atoms with van der Waals surface area (Å²) in [5, 5.41) is 24.3. The quantitative estimate of drug-likeness (QED) is 0.491. The molecule has 0 fully saturated rings. The molecule has 5 rings (SSSR count). The van der Waals surface area contributed by atoms with Crippen molar-refractivity contribution in [2.45, 2.75) is 32.2 Å². The van der Waals surface area contributed by atoms with E-state index in [9.17, 15) is 15.0 Å². The Morgan fingerprint density at radius 1 is 1.21 bits per heavy atom. The number of nitrogens with one attached hydrogen (secondary N) is 1. The first-order valence-corrected chi connectivity index (χ1v) is 11.8. The zero-order valence-electron chi connectivity index (χ0n) is 19.8. The Morgan fingerprint density at radius 2 is 1.97 bits per heavy atom. The number of carbonyl (C=O) groups is 1. The first-order chi connectivity index (χ1) is 16.4. The molecule has 3 aromatic rings. The summed E-state index contributed by atoms with van der Waals surface area (Å²) in [6.07, 6.45) is 4.66. The maximum Gasteiger partial charge on any atom is 0.254 e. The first-order valence-electron chi connectivity index (χ1n) is 11.8. The Morgan fingerprint density at radius 3 is 2.71 bits per heavy atom. The lowest BCUT2D eigenvalue weighted by Gasteiger charge is -2.47. The van der Waals surface area contributed by atoms with Crippen LogP contribution in [0.3, 0.4) is 0 Å². The van der Waals surface area contributed by atoms with E-state index in [4.69, 9.17) is 4.74 Å². The van der Waals surface area contributed by atoms with E-state index in [2.05, 4.69) is 11.1 Å². The van der Waals surface area contributed by atoms with Crippen LogP contribution in [0.25, 0.3) is 16.5 Å². The number of hydrogen-bond donors (Lipinski definition) is 3. The fourth-order valence-electron chi connectivity index (χ4n) is 5.50. The second-order valence-electron chi connectivity index (χ2n) is 9.02. The molecule has 1 amide bonds. The highest BCUT2D eigenvalue weighted by atomic mass is 16.5. The molecular formula is C27H31N3O4. The maximum atomic E-state index is 13.4. The van der Waals surface area contributed by atoms with Crippen molar-refractivity contribution < 1.29 is 19.7 Å². The van der Waals surface area contributed by atoms with Crippen molar-refractivity contribution in [1.29, 1.82) is 0 Å². The molecule has 0 spiro atoms. The topological polar surface area (TPSA) is 89.0 Å². The molecule has 7 heteroatoms.